The van der Waals surface area contributed by atoms with Gasteiger partial charge in [-0.3, -0.25) is 24.6 Å². The number of carbonyl (C=O) groups excluding carboxylic acids is 2. The monoisotopic (exact) mass is 382 g/mol. The van der Waals surface area contributed by atoms with Crippen LogP contribution in [-0.4, -0.2) is 59.8 Å². The number of nitro groups is 1. The van der Waals surface area contributed by atoms with E-state index in [-0.39, 0.29) is 28.4 Å². The summed E-state index contributed by atoms with van der Waals surface area (Å²) in [6.07, 6.45) is 1.66. The first-order valence-corrected chi connectivity index (χ1v) is 8.78. The molecule has 8 nitrogen and oxygen atoms in total. The van der Waals surface area contributed by atoms with Gasteiger partial charge in [-0.2, -0.15) is 0 Å². The van der Waals surface area contributed by atoms with Crippen LogP contribution in [0.2, 0.25) is 5.02 Å². The predicted octanol–water partition coefficient (Wildman–Crippen LogP) is 2.38. The lowest BCUT2D eigenvalue weighted by Gasteiger charge is -2.36. The van der Waals surface area contributed by atoms with E-state index in [1.165, 1.54) is 18.2 Å². The first-order valence-electron chi connectivity index (χ1n) is 8.40. The van der Waals surface area contributed by atoms with Gasteiger partial charge in [0.2, 0.25) is 11.8 Å². The highest BCUT2D eigenvalue weighted by molar-refractivity contribution is 6.34. The van der Waals surface area contributed by atoms with E-state index in [1.54, 1.807) is 25.9 Å². The van der Waals surface area contributed by atoms with Gasteiger partial charge in [-0.1, -0.05) is 11.6 Å². The number of piperidine rings is 1. The Bertz CT molecular complexity index is 710. The van der Waals surface area contributed by atoms with Crippen LogP contribution >= 0.6 is 11.6 Å². The number of hydrogen-bond donors (Lipinski definition) is 1. The van der Waals surface area contributed by atoms with Crippen molar-refractivity contribution in [3.63, 3.8) is 0 Å². The summed E-state index contributed by atoms with van der Waals surface area (Å²) in [7, 11) is 3.46. The van der Waals surface area contributed by atoms with Gasteiger partial charge in [-0.15, -0.1) is 0 Å². The largest absolute Gasteiger partial charge is 0.349 e. The molecule has 0 aliphatic carbocycles. The zero-order valence-corrected chi connectivity index (χ0v) is 15.8. The molecule has 1 aliphatic rings. The van der Waals surface area contributed by atoms with Crippen molar-refractivity contribution in [3.8, 4) is 0 Å². The molecular formula is C17H23ClN4O4. The number of nitrogens with zero attached hydrogens (tertiary/aromatic N) is 3. The molecule has 26 heavy (non-hydrogen) atoms. The number of non-ortho nitro benzene ring substituents is 1. The molecule has 2 rings (SSSR count). The average Bonchev–Trinajstić information content (AvgIpc) is 2.61. The van der Waals surface area contributed by atoms with Gasteiger partial charge in [-0.05, 0) is 32.4 Å². The molecule has 142 valence electrons. The summed E-state index contributed by atoms with van der Waals surface area (Å²) >= 11 is 6.02. The third kappa shape index (κ3) is 4.70. The van der Waals surface area contributed by atoms with Crippen LogP contribution in [-0.2, 0) is 9.59 Å². The van der Waals surface area contributed by atoms with E-state index in [1.807, 2.05) is 4.90 Å². The highest BCUT2D eigenvalue weighted by Gasteiger charge is 2.31. The van der Waals surface area contributed by atoms with Gasteiger partial charge in [0.15, 0.2) is 0 Å². The zero-order valence-electron chi connectivity index (χ0n) is 15.1. The quantitative estimate of drug-likeness (QED) is 0.623. The molecule has 2 amide bonds. The summed E-state index contributed by atoms with van der Waals surface area (Å²) in [5.74, 6) is -0.309. The second-order valence-corrected chi connectivity index (χ2v) is 7.06. The van der Waals surface area contributed by atoms with Crippen LogP contribution < -0.4 is 5.32 Å². The Hall–Kier alpha value is -2.19. The minimum Gasteiger partial charge on any atom is -0.349 e. The standard InChI is InChI=1S/C17H23ClN4O4/c1-11(21-8-4-5-12(10-21)17(24)20(2)3)16(23)19-15-7-6-13(22(25)26)9-14(15)18/h6-7,9,11-12H,4-5,8,10H2,1-3H3,(H,19,23). The summed E-state index contributed by atoms with van der Waals surface area (Å²) in [6, 6.07) is 3.46. The Balaban J connectivity index is 2.03. The van der Waals surface area contributed by atoms with Crippen LogP contribution in [0.4, 0.5) is 11.4 Å². The Morgan fingerprint density at radius 2 is 2.12 bits per heavy atom. The average molecular weight is 383 g/mol. The van der Waals surface area contributed by atoms with E-state index in [0.717, 1.165) is 19.4 Å². The van der Waals surface area contributed by atoms with Gasteiger partial charge in [0, 0.05) is 32.8 Å². The summed E-state index contributed by atoms with van der Waals surface area (Å²) < 4.78 is 0. The molecule has 1 saturated heterocycles. The first-order chi connectivity index (χ1) is 12.2. The Morgan fingerprint density at radius 1 is 1.42 bits per heavy atom. The molecule has 0 saturated carbocycles. The molecule has 1 N–H and O–H groups in total. The number of halogens is 1. The zero-order chi connectivity index (χ0) is 19.4. The first kappa shape index (κ1) is 20.1. The van der Waals surface area contributed by atoms with Gasteiger partial charge < -0.3 is 10.2 Å². The van der Waals surface area contributed by atoms with Crippen LogP contribution in [0.25, 0.3) is 0 Å². The highest BCUT2D eigenvalue weighted by Crippen LogP contribution is 2.27. The Kier molecular flexibility index (Phi) is 6.55. The summed E-state index contributed by atoms with van der Waals surface area (Å²) in [6.45, 7) is 3.04. The maximum atomic E-state index is 12.6. The fourth-order valence-corrected chi connectivity index (χ4v) is 3.27. The summed E-state index contributed by atoms with van der Waals surface area (Å²) in [5.41, 5.74) is 0.189. The normalized spacial score (nSPS) is 18.8. The van der Waals surface area contributed by atoms with Crippen LogP contribution in [0.15, 0.2) is 18.2 Å². The number of anilines is 1. The lowest BCUT2D eigenvalue weighted by Crippen LogP contribution is -2.49. The van der Waals surface area contributed by atoms with E-state index in [2.05, 4.69) is 5.32 Å². The van der Waals surface area contributed by atoms with E-state index in [4.69, 9.17) is 11.6 Å². The van der Waals surface area contributed by atoms with Gasteiger partial charge >= 0.3 is 0 Å². The number of hydrogen-bond acceptors (Lipinski definition) is 5. The molecule has 2 atom stereocenters. The molecule has 0 aromatic heterocycles. The van der Waals surface area contributed by atoms with E-state index in [0.29, 0.717) is 12.2 Å². The SMILES string of the molecule is CC(C(=O)Nc1ccc([N+](=O)[O-])cc1Cl)N1CCCC(C(=O)N(C)C)C1. The summed E-state index contributed by atoms with van der Waals surface area (Å²) in [5, 5.41) is 13.6. The van der Waals surface area contributed by atoms with E-state index >= 15 is 0 Å². The molecule has 2 unspecified atom stereocenters. The van der Waals surface area contributed by atoms with E-state index in [9.17, 15) is 19.7 Å². The lowest BCUT2D eigenvalue weighted by atomic mass is 9.95. The topological polar surface area (TPSA) is 95.8 Å². The number of rotatable bonds is 5. The second kappa shape index (κ2) is 8.46. The predicted molar refractivity (Wildman–Crippen MR) is 99.2 cm³/mol. The maximum absolute atomic E-state index is 12.6. The molecule has 1 aliphatic heterocycles. The van der Waals surface area contributed by atoms with Crippen molar-refractivity contribution in [2.75, 3.05) is 32.5 Å². The number of likely N-dealkylation sites (tertiary alicyclic amines) is 1. The molecule has 9 heteroatoms. The smallest absolute Gasteiger partial charge is 0.271 e. The van der Waals surface area contributed by atoms with Gasteiger partial charge in [0.1, 0.15) is 0 Å². The number of nitro benzene ring substituents is 1. The van der Waals surface area contributed by atoms with Crippen molar-refractivity contribution < 1.29 is 14.5 Å². The van der Waals surface area contributed by atoms with Crippen LogP contribution in [0.3, 0.4) is 0 Å². The molecule has 1 heterocycles. The highest BCUT2D eigenvalue weighted by atomic mass is 35.5. The molecule has 1 fully saturated rings. The number of carbonyl (C=O) groups is 2. The van der Waals surface area contributed by atoms with Crippen LogP contribution in [0, 0.1) is 16.0 Å². The van der Waals surface area contributed by atoms with Crippen LogP contribution in [0.5, 0.6) is 0 Å². The van der Waals surface area contributed by atoms with Gasteiger partial charge in [0.05, 0.1) is 27.6 Å². The van der Waals surface area contributed by atoms with Gasteiger partial charge in [0.25, 0.3) is 5.69 Å². The number of benzene rings is 1. The third-order valence-electron chi connectivity index (χ3n) is 4.59. The maximum Gasteiger partial charge on any atom is 0.271 e. The third-order valence-corrected chi connectivity index (χ3v) is 4.90. The van der Waals surface area contributed by atoms with Crippen LogP contribution in [0.1, 0.15) is 19.8 Å². The van der Waals surface area contributed by atoms with E-state index < -0.39 is 11.0 Å². The molecule has 0 radical (unpaired) electrons. The van der Waals surface area contributed by atoms with Crippen molar-refractivity contribution in [1.29, 1.82) is 0 Å². The fourth-order valence-electron chi connectivity index (χ4n) is 3.05. The fraction of sp³-hybridized carbons (Fsp3) is 0.529. The minimum absolute atomic E-state index is 0.0701. The lowest BCUT2D eigenvalue weighted by molar-refractivity contribution is -0.384. The number of amides is 2. The Labute approximate surface area is 157 Å². The van der Waals surface area contributed by atoms with Crippen molar-refractivity contribution >= 4 is 34.8 Å². The second-order valence-electron chi connectivity index (χ2n) is 6.65. The molecule has 0 bridgehead atoms. The molecule has 0 spiro atoms. The minimum atomic E-state index is -0.546. The summed E-state index contributed by atoms with van der Waals surface area (Å²) in [4.78, 5) is 38.5. The van der Waals surface area contributed by atoms with Crippen molar-refractivity contribution in [2.24, 2.45) is 5.92 Å². The molecule has 1 aromatic carbocycles. The van der Waals surface area contributed by atoms with Crippen molar-refractivity contribution in [1.82, 2.24) is 9.80 Å². The molecule has 1 aromatic rings. The van der Waals surface area contributed by atoms with Gasteiger partial charge in [-0.25, -0.2) is 0 Å². The molecular weight excluding hydrogens is 360 g/mol. The van der Waals surface area contributed by atoms with Crippen molar-refractivity contribution in [3.05, 3.63) is 33.3 Å². The van der Waals surface area contributed by atoms with Crippen molar-refractivity contribution in [2.45, 2.75) is 25.8 Å². The number of nitrogens with one attached hydrogen (secondary N) is 1. The Morgan fingerprint density at radius 3 is 2.69 bits per heavy atom.